The lowest BCUT2D eigenvalue weighted by molar-refractivity contribution is 0.0942. The molecular weight excluding hydrogens is 378 g/mol. The second kappa shape index (κ2) is 7.59. The Kier molecular flexibility index (Phi) is 5.38. The van der Waals surface area contributed by atoms with Crippen LogP contribution in [-0.2, 0) is 7.05 Å². The highest BCUT2D eigenvalue weighted by atomic mass is 35.5. The van der Waals surface area contributed by atoms with Crippen molar-refractivity contribution >= 4 is 40.1 Å². The first kappa shape index (κ1) is 19.8. The highest BCUT2D eigenvalue weighted by molar-refractivity contribution is 6.34. The number of pyridine rings is 1. The summed E-state index contributed by atoms with van der Waals surface area (Å²) < 4.78 is 1.65. The van der Waals surface area contributed by atoms with Gasteiger partial charge < -0.3 is 10.6 Å². The van der Waals surface area contributed by atoms with Crippen LogP contribution in [0.1, 0.15) is 46.0 Å². The molecule has 2 amide bonds. The molecule has 7 nitrogen and oxygen atoms in total. The molecule has 0 fully saturated rings. The summed E-state index contributed by atoms with van der Waals surface area (Å²) in [5.74, 6) is -0.567. The van der Waals surface area contributed by atoms with E-state index in [-0.39, 0.29) is 17.9 Å². The summed E-state index contributed by atoms with van der Waals surface area (Å²) in [5, 5.41) is 11.0. The lowest BCUT2D eigenvalue weighted by atomic mass is 10.1. The van der Waals surface area contributed by atoms with Crippen molar-refractivity contribution in [2.75, 3.05) is 5.32 Å². The molecule has 1 aromatic carbocycles. The van der Waals surface area contributed by atoms with Crippen molar-refractivity contribution in [3.05, 3.63) is 51.8 Å². The normalized spacial score (nSPS) is 11.1. The van der Waals surface area contributed by atoms with Gasteiger partial charge in [0, 0.05) is 24.3 Å². The van der Waals surface area contributed by atoms with E-state index in [4.69, 9.17) is 11.6 Å². The molecule has 0 saturated heterocycles. The number of benzene rings is 1. The van der Waals surface area contributed by atoms with Crippen LogP contribution in [0.15, 0.2) is 24.3 Å². The fourth-order valence-corrected chi connectivity index (χ4v) is 3.21. The van der Waals surface area contributed by atoms with E-state index >= 15 is 0 Å². The minimum Gasteiger partial charge on any atom is -0.350 e. The van der Waals surface area contributed by atoms with E-state index in [0.29, 0.717) is 44.3 Å². The average molecular weight is 400 g/mol. The lowest BCUT2D eigenvalue weighted by Crippen LogP contribution is -2.30. The van der Waals surface area contributed by atoms with Crippen LogP contribution in [0.4, 0.5) is 5.69 Å². The predicted octanol–water partition coefficient (Wildman–Crippen LogP) is 3.63. The van der Waals surface area contributed by atoms with Gasteiger partial charge in [-0.15, -0.1) is 0 Å². The Bertz CT molecular complexity index is 1090. The minimum absolute atomic E-state index is 0.00264. The Balaban J connectivity index is 1.98. The third kappa shape index (κ3) is 3.84. The van der Waals surface area contributed by atoms with Crippen LogP contribution in [0.5, 0.6) is 0 Å². The van der Waals surface area contributed by atoms with E-state index in [9.17, 15) is 9.59 Å². The first-order valence-corrected chi connectivity index (χ1v) is 9.28. The van der Waals surface area contributed by atoms with Crippen LogP contribution in [-0.4, -0.2) is 32.6 Å². The Morgan fingerprint density at radius 1 is 1.14 bits per heavy atom. The van der Waals surface area contributed by atoms with Gasteiger partial charge in [0.2, 0.25) is 0 Å². The Hall–Kier alpha value is -2.93. The van der Waals surface area contributed by atoms with Gasteiger partial charge >= 0.3 is 0 Å². The molecule has 2 aromatic heterocycles. The highest BCUT2D eigenvalue weighted by Gasteiger charge is 2.19. The number of aryl methyl sites for hydroxylation is 3. The van der Waals surface area contributed by atoms with Gasteiger partial charge in [0.15, 0.2) is 5.65 Å². The molecule has 0 saturated carbocycles. The van der Waals surface area contributed by atoms with Gasteiger partial charge in [0.05, 0.1) is 27.4 Å². The molecule has 0 aliphatic rings. The molecule has 2 N–H and O–H groups in total. The molecule has 0 radical (unpaired) electrons. The van der Waals surface area contributed by atoms with Crippen LogP contribution >= 0.6 is 11.6 Å². The number of carbonyl (C=O) groups is 2. The SMILES string of the molecule is Cc1cc(C(=O)Nc2cc(C(=O)NC(C)C)ccc2Cl)c2c(C)nn(C)c2n1. The summed E-state index contributed by atoms with van der Waals surface area (Å²) in [5.41, 5.74) is 3.30. The van der Waals surface area contributed by atoms with Crippen LogP contribution in [0, 0.1) is 13.8 Å². The molecule has 0 atom stereocenters. The quantitative estimate of drug-likeness (QED) is 0.701. The second-order valence-electron chi connectivity index (χ2n) is 7.00. The molecule has 3 rings (SSSR count). The molecule has 0 unspecified atom stereocenters. The summed E-state index contributed by atoms with van der Waals surface area (Å²) in [7, 11) is 1.79. The Morgan fingerprint density at radius 3 is 2.54 bits per heavy atom. The van der Waals surface area contributed by atoms with E-state index < -0.39 is 0 Å². The van der Waals surface area contributed by atoms with E-state index in [1.807, 2.05) is 27.7 Å². The van der Waals surface area contributed by atoms with Gasteiger partial charge in [-0.25, -0.2) is 4.98 Å². The maximum atomic E-state index is 13.0. The number of fused-ring (bicyclic) bond motifs is 1. The summed E-state index contributed by atoms with van der Waals surface area (Å²) >= 11 is 6.25. The number of halogens is 1. The maximum absolute atomic E-state index is 13.0. The average Bonchev–Trinajstić information content (AvgIpc) is 2.89. The van der Waals surface area contributed by atoms with Gasteiger partial charge in [-0.05, 0) is 52.0 Å². The van der Waals surface area contributed by atoms with E-state index in [0.717, 1.165) is 0 Å². The fourth-order valence-electron chi connectivity index (χ4n) is 3.05. The standard InChI is InChI=1S/C20H22ClN5O2/c1-10(2)22-19(27)13-6-7-15(21)16(9-13)24-20(28)14-8-11(3)23-18-17(14)12(4)25-26(18)5/h6-10H,1-5H3,(H,22,27)(H,24,28). The number of nitrogens with one attached hydrogen (secondary N) is 2. The lowest BCUT2D eigenvalue weighted by Gasteiger charge is -2.12. The largest absolute Gasteiger partial charge is 0.350 e. The van der Waals surface area contributed by atoms with Crippen molar-refractivity contribution in [1.82, 2.24) is 20.1 Å². The number of aromatic nitrogens is 3. The van der Waals surface area contributed by atoms with Crippen molar-refractivity contribution in [2.24, 2.45) is 7.05 Å². The zero-order valence-electron chi connectivity index (χ0n) is 16.4. The number of nitrogens with zero attached hydrogens (tertiary/aromatic N) is 3. The van der Waals surface area contributed by atoms with Gasteiger partial charge in [0.25, 0.3) is 11.8 Å². The number of hydrogen-bond donors (Lipinski definition) is 2. The van der Waals surface area contributed by atoms with Crippen molar-refractivity contribution < 1.29 is 9.59 Å². The van der Waals surface area contributed by atoms with Crippen molar-refractivity contribution in [1.29, 1.82) is 0 Å². The number of carbonyl (C=O) groups excluding carboxylic acids is 2. The van der Waals surface area contributed by atoms with Crippen LogP contribution in [0.2, 0.25) is 5.02 Å². The fraction of sp³-hybridized carbons (Fsp3) is 0.300. The van der Waals surface area contributed by atoms with Gasteiger partial charge in [0.1, 0.15) is 0 Å². The zero-order chi connectivity index (χ0) is 20.6. The van der Waals surface area contributed by atoms with Gasteiger partial charge in [-0.3, -0.25) is 14.3 Å². The molecule has 8 heteroatoms. The molecular formula is C20H22ClN5O2. The molecule has 0 aliphatic carbocycles. The van der Waals surface area contributed by atoms with Gasteiger partial charge in [-0.1, -0.05) is 11.6 Å². The molecule has 3 aromatic rings. The number of hydrogen-bond acceptors (Lipinski definition) is 4. The Morgan fingerprint density at radius 2 is 1.86 bits per heavy atom. The molecule has 146 valence electrons. The zero-order valence-corrected chi connectivity index (χ0v) is 17.2. The Labute approximate surface area is 168 Å². The van der Waals surface area contributed by atoms with Crippen molar-refractivity contribution in [3.8, 4) is 0 Å². The molecule has 0 spiro atoms. The van der Waals surface area contributed by atoms with Crippen LogP contribution < -0.4 is 10.6 Å². The number of amides is 2. The van der Waals surface area contributed by atoms with Crippen molar-refractivity contribution in [2.45, 2.75) is 33.7 Å². The molecule has 2 heterocycles. The number of rotatable bonds is 4. The summed E-state index contributed by atoms with van der Waals surface area (Å²) in [6.07, 6.45) is 0. The van der Waals surface area contributed by atoms with Gasteiger partial charge in [-0.2, -0.15) is 5.10 Å². The summed E-state index contributed by atoms with van der Waals surface area (Å²) in [4.78, 5) is 29.7. The molecule has 0 bridgehead atoms. The van der Waals surface area contributed by atoms with E-state index in [1.165, 1.54) is 0 Å². The van der Waals surface area contributed by atoms with E-state index in [1.54, 1.807) is 36.0 Å². The van der Waals surface area contributed by atoms with E-state index in [2.05, 4.69) is 20.7 Å². The third-order valence-electron chi connectivity index (χ3n) is 4.24. The van der Waals surface area contributed by atoms with Crippen LogP contribution in [0.3, 0.4) is 0 Å². The van der Waals surface area contributed by atoms with Crippen LogP contribution in [0.25, 0.3) is 11.0 Å². The minimum atomic E-state index is -0.338. The second-order valence-corrected chi connectivity index (χ2v) is 7.40. The topological polar surface area (TPSA) is 88.9 Å². The summed E-state index contributed by atoms with van der Waals surface area (Å²) in [6.45, 7) is 7.41. The number of anilines is 1. The molecule has 0 aliphatic heterocycles. The molecule has 28 heavy (non-hydrogen) atoms. The summed E-state index contributed by atoms with van der Waals surface area (Å²) in [6, 6.07) is 6.50. The smallest absolute Gasteiger partial charge is 0.256 e. The predicted molar refractivity (Wildman–Crippen MR) is 110 cm³/mol. The first-order chi connectivity index (χ1) is 13.2. The monoisotopic (exact) mass is 399 g/mol. The highest BCUT2D eigenvalue weighted by Crippen LogP contribution is 2.26. The maximum Gasteiger partial charge on any atom is 0.256 e. The van der Waals surface area contributed by atoms with Crippen molar-refractivity contribution in [3.63, 3.8) is 0 Å². The first-order valence-electron chi connectivity index (χ1n) is 8.90. The third-order valence-corrected chi connectivity index (χ3v) is 4.57.